The normalized spacial score (nSPS) is 11.2. The second kappa shape index (κ2) is 6.03. The fourth-order valence-electron chi connectivity index (χ4n) is 1.69. The SMILES string of the molecule is CC(C)Cn1ncnc1CC(=O)c1csc(CN)n1. The van der Waals surface area contributed by atoms with Crippen molar-refractivity contribution in [2.75, 3.05) is 0 Å². The Balaban J connectivity index is 2.08. The van der Waals surface area contributed by atoms with Crippen LogP contribution in [0.2, 0.25) is 0 Å². The summed E-state index contributed by atoms with van der Waals surface area (Å²) in [5.41, 5.74) is 5.95. The number of hydrogen-bond donors (Lipinski definition) is 1. The third-order valence-electron chi connectivity index (χ3n) is 2.56. The van der Waals surface area contributed by atoms with Crippen LogP contribution in [0.15, 0.2) is 11.7 Å². The molecule has 0 aromatic carbocycles. The number of rotatable bonds is 6. The standard InChI is InChI=1S/C12H17N5OS/c1-8(2)5-17-11(14-7-15-17)3-10(18)9-6-19-12(4-13)16-9/h6-8H,3-5,13H2,1-2H3. The minimum absolute atomic E-state index is 0.0473. The van der Waals surface area contributed by atoms with Crippen molar-refractivity contribution in [2.24, 2.45) is 11.7 Å². The summed E-state index contributed by atoms with van der Waals surface area (Å²) in [6.07, 6.45) is 1.71. The van der Waals surface area contributed by atoms with Gasteiger partial charge in [0.05, 0.1) is 6.42 Å². The number of nitrogens with two attached hydrogens (primary N) is 1. The molecule has 0 atom stereocenters. The summed E-state index contributed by atoms with van der Waals surface area (Å²) >= 11 is 1.41. The molecule has 2 rings (SSSR count). The quantitative estimate of drug-likeness (QED) is 0.805. The van der Waals surface area contributed by atoms with Crippen molar-refractivity contribution < 1.29 is 4.79 Å². The summed E-state index contributed by atoms with van der Waals surface area (Å²) in [5, 5.41) is 6.65. The van der Waals surface area contributed by atoms with Crippen LogP contribution in [0.1, 0.15) is 35.2 Å². The van der Waals surface area contributed by atoms with Gasteiger partial charge in [-0.05, 0) is 5.92 Å². The van der Waals surface area contributed by atoms with Gasteiger partial charge in [-0.1, -0.05) is 13.8 Å². The Hall–Kier alpha value is -1.60. The molecule has 0 aliphatic carbocycles. The van der Waals surface area contributed by atoms with Gasteiger partial charge in [0.2, 0.25) is 0 Å². The van der Waals surface area contributed by atoms with E-state index in [1.54, 1.807) is 10.1 Å². The fraction of sp³-hybridized carbons (Fsp3) is 0.500. The van der Waals surface area contributed by atoms with Gasteiger partial charge in [-0.2, -0.15) is 5.10 Å². The maximum atomic E-state index is 12.1. The summed E-state index contributed by atoms with van der Waals surface area (Å²) in [6, 6.07) is 0. The number of carbonyl (C=O) groups excluding carboxylic acids is 1. The van der Waals surface area contributed by atoms with Crippen LogP contribution >= 0.6 is 11.3 Å². The summed E-state index contributed by atoms with van der Waals surface area (Å²) in [4.78, 5) is 20.4. The van der Waals surface area contributed by atoms with Gasteiger partial charge >= 0.3 is 0 Å². The Morgan fingerprint density at radius 3 is 2.95 bits per heavy atom. The molecule has 7 heteroatoms. The second-order valence-electron chi connectivity index (χ2n) is 4.68. The zero-order valence-corrected chi connectivity index (χ0v) is 11.9. The van der Waals surface area contributed by atoms with Gasteiger partial charge in [-0.25, -0.2) is 14.6 Å². The molecule has 0 bridgehead atoms. The highest BCUT2D eigenvalue weighted by molar-refractivity contribution is 7.09. The molecule has 2 aromatic heterocycles. The smallest absolute Gasteiger partial charge is 0.189 e. The molecule has 0 aliphatic heterocycles. The topological polar surface area (TPSA) is 86.7 Å². The van der Waals surface area contributed by atoms with E-state index in [0.29, 0.717) is 24.0 Å². The van der Waals surface area contributed by atoms with Gasteiger partial charge in [-0.15, -0.1) is 11.3 Å². The van der Waals surface area contributed by atoms with E-state index >= 15 is 0 Å². The molecular weight excluding hydrogens is 262 g/mol. The lowest BCUT2D eigenvalue weighted by molar-refractivity contribution is 0.0984. The number of Topliss-reactive ketones (excluding diaryl/α,β-unsaturated/α-hetero) is 1. The van der Waals surface area contributed by atoms with Crippen molar-refractivity contribution in [2.45, 2.75) is 33.4 Å². The minimum Gasteiger partial charge on any atom is -0.325 e. The monoisotopic (exact) mass is 279 g/mol. The van der Waals surface area contributed by atoms with E-state index in [2.05, 4.69) is 28.9 Å². The van der Waals surface area contributed by atoms with Crippen LogP contribution in [0.5, 0.6) is 0 Å². The number of hydrogen-bond acceptors (Lipinski definition) is 6. The molecule has 0 radical (unpaired) electrons. The highest BCUT2D eigenvalue weighted by Crippen LogP contribution is 2.12. The number of nitrogens with zero attached hydrogens (tertiary/aromatic N) is 4. The number of ketones is 1. The van der Waals surface area contributed by atoms with Crippen LogP contribution in [-0.4, -0.2) is 25.5 Å². The molecular formula is C12H17N5OS. The molecule has 0 aliphatic rings. The van der Waals surface area contributed by atoms with Crippen LogP contribution in [-0.2, 0) is 19.5 Å². The average molecular weight is 279 g/mol. The molecule has 2 aromatic rings. The van der Waals surface area contributed by atoms with Gasteiger partial charge in [0.25, 0.3) is 0 Å². The van der Waals surface area contributed by atoms with E-state index in [1.807, 2.05) is 0 Å². The molecule has 0 unspecified atom stereocenters. The van der Waals surface area contributed by atoms with Gasteiger partial charge in [0, 0.05) is 18.5 Å². The molecule has 19 heavy (non-hydrogen) atoms. The lowest BCUT2D eigenvalue weighted by Gasteiger charge is -2.07. The summed E-state index contributed by atoms with van der Waals surface area (Å²) in [6.45, 7) is 5.32. The van der Waals surface area contributed by atoms with Crippen LogP contribution in [0.4, 0.5) is 0 Å². The van der Waals surface area contributed by atoms with Crippen LogP contribution in [0.25, 0.3) is 0 Å². The van der Waals surface area contributed by atoms with E-state index < -0.39 is 0 Å². The van der Waals surface area contributed by atoms with Gasteiger partial charge in [0.15, 0.2) is 5.78 Å². The van der Waals surface area contributed by atoms with E-state index in [1.165, 1.54) is 17.7 Å². The molecule has 102 valence electrons. The van der Waals surface area contributed by atoms with Crippen LogP contribution in [0.3, 0.4) is 0 Å². The zero-order chi connectivity index (χ0) is 13.8. The first-order chi connectivity index (χ1) is 9.10. The maximum absolute atomic E-state index is 12.1. The summed E-state index contributed by atoms with van der Waals surface area (Å²) < 4.78 is 1.78. The highest BCUT2D eigenvalue weighted by Gasteiger charge is 2.15. The molecule has 2 heterocycles. The highest BCUT2D eigenvalue weighted by atomic mass is 32.1. The maximum Gasteiger partial charge on any atom is 0.189 e. The van der Waals surface area contributed by atoms with Crippen molar-refractivity contribution in [1.82, 2.24) is 19.7 Å². The summed E-state index contributed by atoms with van der Waals surface area (Å²) in [7, 11) is 0. The molecule has 2 N–H and O–H groups in total. The predicted molar refractivity (Wildman–Crippen MR) is 72.9 cm³/mol. The van der Waals surface area contributed by atoms with E-state index in [0.717, 1.165) is 11.6 Å². The van der Waals surface area contributed by atoms with E-state index in [9.17, 15) is 4.79 Å². The molecule has 0 saturated heterocycles. The van der Waals surface area contributed by atoms with Crippen molar-refractivity contribution in [3.63, 3.8) is 0 Å². The van der Waals surface area contributed by atoms with Crippen LogP contribution < -0.4 is 5.73 Å². The minimum atomic E-state index is -0.0473. The first kappa shape index (κ1) is 13.8. The first-order valence-electron chi connectivity index (χ1n) is 6.14. The molecule has 0 spiro atoms. The number of carbonyl (C=O) groups is 1. The second-order valence-corrected chi connectivity index (χ2v) is 5.63. The van der Waals surface area contributed by atoms with Crippen molar-refractivity contribution in [3.05, 3.63) is 28.2 Å². The molecule has 0 saturated carbocycles. The third kappa shape index (κ3) is 3.45. The molecule has 6 nitrogen and oxygen atoms in total. The van der Waals surface area contributed by atoms with Gasteiger partial charge in [-0.3, -0.25) is 4.79 Å². The van der Waals surface area contributed by atoms with E-state index in [4.69, 9.17) is 5.73 Å². The molecule has 0 amide bonds. The number of thiazole rings is 1. The Bertz CT molecular complexity index is 560. The largest absolute Gasteiger partial charge is 0.325 e. The third-order valence-corrected chi connectivity index (χ3v) is 3.44. The Morgan fingerprint density at radius 1 is 1.53 bits per heavy atom. The lowest BCUT2D eigenvalue weighted by Crippen LogP contribution is -2.14. The number of aromatic nitrogens is 4. The van der Waals surface area contributed by atoms with Crippen molar-refractivity contribution in [3.8, 4) is 0 Å². The average Bonchev–Trinajstić information content (AvgIpc) is 2.98. The Kier molecular flexibility index (Phi) is 4.39. The summed E-state index contributed by atoms with van der Waals surface area (Å²) in [5.74, 6) is 1.09. The molecule has 0 fully saturated rings. The zero-order valence-electron chi connectivity index (χ0n) is 11.0. The van der Waals surface area contributed by atoms with Crippen molar-refractivity contribution in [1.29, 1.82) is 0 Å². The Labute approximate surface area is 115 Å². The Morgan fingerprint density at radius 2 is 2.32 bits per heavy atom. The van der Waals surface area contributed by atoms with Crippen molar-refractivity contribution >= 4 is 17.1 Å². The predicted octanol–water partition coefficient (Wildman–Crippen LogP) is 1.27. The van der Waals surface area contributed by atoms with Gasteiger partial charge in [0.1, 0.15) is 22.9 Å². The fourth-order valence-corrected chi connectivity index (χ4v) is 2.37. The first-order valence-corrected chi connectivity index (χ1v) is 7.02. The lowest BCUT2D eigenvalue weighted by atomic mass is 10.2. The van der Waals surface area contributed by atoms with E-state index in [-0.39, 0.29) is 12.2 Å². The van der Waals surface area contributed by atoms with Crippen LogP contribution in [0, 0.1) is 5.92 Å². The van der Waals surface area contributed by atoms with Gasteiger partial charge < -0.3 is 5.73 Å².